The Kier molecular flexibility index (Phi) is 12.7. The van der Waals surface area contributed by atoms with E-state index in [1.165, 1.54) is 11.1 Å². The number of ether oxygens (including phenoxy) is 2. The van der Waals surface area contributed by atoms with Gasteiger partial charge in [-0.25, -0.2) is 19.7 Å². The van der Waals surface area contributed by atoms with Gasteiger partial charge in [0.1, 0.15) is 5.69 Å². The van der Waals surface area contributed by atoms with Crippen LogP contribution in [-0.2, 0) is 39.2 Å². The quantitative estimate of drug-likeness (QED) is 0.137. The molecule has 0 radical (unpaired) electrons. The summed E-state index contributed by atoms with van der Waals surface area (Å²) in [6.07, 6.45) is -13.7. The molecule has 2 atom stereocenters. The lowest BCUT2D eigenvalue weighted by Crippen LogP contribution is -2.46. The van der Waals surface area contributed by atoms with Crippen molar-refractivity contribution in [3.05, 3.63) is 70.3 Å². The second-order valence-corrected chi connectivity index (χ2v) is 13.0. The average Bonchev–Trinajstić information content (AvgIpc) is 3.11. The number of carbonyl (C=O) groups is 2. The summed E-state index contributed by atoms with van der Waals surface area (Å²) in [5.41, 5.74) is -4.45. The third kappa shape index (κ3) is 10.5. The highest BCUT2D eigenvalue weighted by molar-refractivity contribution is 5.90. The first-order chi connectivity index (χ1) is 25.8. The topological polar surface area (TPSA) is 130 Å². The van der Waals surface area contributed by atoms with E-state index in [2.05, 4.69) is 20.3 Å². The molecule has 20 heteroatoms. The van der Waals surface area contributed by atoms with Crippen LogP contribution in [0.3, 0.4) is 0 Å². The maximum atomic E-state index is 13.9. The number of carbonyl (C=O) groups excluding carboxylic acids is 1. The van der Waals surface area contributed by atoms with E-state index in [0.29, 0.717) is 56.6 Å². The SMILES string of the molecule is CC[C@@H]1C[C@H](Nc2ncc(N3CCOCC3)c(Cc3cc(C(F)(F)F)cc(C(F)(F)F)c3)n2)c2nc(C(F)(F)F)ccc2N1C(=O)OCCCCCC(=O)O. The minimum atomic E-state index is -5.09. The number of nitrogens with one attached hydrogen (secondary N) is 1. The van der Waals surface area contributed by atoms with Gasteiger partial charge in [0, 0.05) is 32.0 Å². The normalized spacial score (nSPS) is 17.9. The molecule has 1 saturated heterocycles. The average molecular weight is 793 g/mol. The molecule has 3 aromatic rings. The molecule has 2 aliphatic rings. The molecule has 5 rings (SSSR count). The van der Waals surface area contributed by atoms with Gasteiger partial charge in [-0.2, -0.15) is 39.5 Å². The third-order valence-electron chi connectivity index (χ3n) is 9.10. The molecule has 1 fully saturated rings. The number of halogens is 9. The van der Waals surface area contributed by atoms with Crippen molar-refractivity contribution >= 4 is 29.4 Å². The van der Waals surface area contributed by atoms with Gasteiger partial charge in [0.15, 0.2) is 0 Å². The van der Waals surface area contributed by atoms with Crippen LogP contribution < -0.4 is 15.1 Å². The summed E-state index contributed by atoms with van der Waals surface area (Å²) in [5.74, 6) is -1.16. The molecule has 1 aromatic carbocycles. The third-order valence-corrected chi connectivity index (χ3v) is 9.10. The number of hydrogen-bond donors (Lipinski definition) is 2. The first-order valence-corrected chi connectivity index (χ1v) is 17.3. The summed E-state index contributed by atoms with van der Waals surface area (Å²) in [5, 5.41) is 11.8. The molecule has 2 aliphatic heterocycles. The van der Waals surface area contributed by atoms with Crippen LogP contribution in [0.1, 0.15) is 85.3 Å². The number of nitrogens with zero attached hydrogens (tertiary/aromatic N) is 5. The standard InChI is InChI=1S/C35H37F9N6O5/c1-2-23-18-25(30-26(7-8-28(48-30)35(42,43)44)50(23)32(53)55-11-5-3-4-6-29(51)52)47-31-45-19-27(49-9-12-54-13-10-49)24(46-31)16-20-14-21(33(36,37)38)17-22(15-20)34(39,40)41/h7-8,14-15,17,19,23,25H,2-6,9-13,16,18H2,1H3,(H,51,52)(H,45,46,47)/t23-,25+/m1/s1. The van der Waals surface area contributed by atoms with Gasteiger partial charge in [0.25, 0.3) is 0 Å². The predicted octanol–water partition coefficient (Wildman–Crippen LogP) is 8.28. The first-order valence-electron chi connectivity index (χ1n) is 17.3. The zero-order chi connectivity index (χ0) is 40.1. The van der Waals surface area contributed by atoms with Crippen molar-refractivity contribution in [2.24, 2.45) is 0 Å². The molecule has 2 N–H and O–H groups in total. The molecule has 0 bridgehead atoms. The van der Waals surface area contributed by atoms with Crippen LogP contribution in [0.4, 0.5) is 61.6 Å². The Labute approximate surface area is 308 Å². The number of aromatic nitrogens is 3. The Bertz CT molecular complexity index is 1800. The lowest BCUT2D eigenvalue weighted by Gasteiger charge is -2.39. The van der Waals surface area contributed by atoms with Crippen LogP contribution >= 0.6 is 0 Å². The van der Waals surface area contributed by atoms with E-state index in [4.69, 9.17) is 14.6 Å². The van der Waals surface area contributed by atoms with E-state index in [9.17, 15) is 49.1 Å². The number of pyridine rings is 1. The fourth-order valence-electron chi connectivity index (χ4n) is 6.43. The van der Waals surface area contributed by atoms with Crippen LogP contribution in [0.2, 0.25) is 0 Å². The maximum Gasteiger partial charge on any atom is 0.433 e. The van der Waals surface area contributed by atoms with Crippen LogP contribution in [0.15, 0.2) is 36.5 Å². The summed E-state index contributed by atoms with van der Waals surface area (Å²) < 4.78 is 135. The number of alkyl halides is 9. The molecule has 0 spiro atoms. The Morgan fingerprint density at radius 2 is 1.58 bits per heavy atom. The molecule has 0 saturated carbocycles. The number of morpholine rings is 1. The van der Waals surface area contributed by atoms with E-state index in [-0.39, 0.29) is 67.3 Å². The van der Waals surface area contributed by atoms with Crippen molar-refractivity contribution < 1.29 is 63.7 Å². The van der Waals surface area contributed by atoms with Gasteiger partial charge in [-0.15, -0.1) is 0 Å². The fraction of sp³-hybridized carbons (Fsp3) is 0.514. The summed E-state index contributed by atoms with van der Waals surface area (Å²) in [6.45, 7) is 2.84. The van der Waals surface area contributed by atoms with Gasteiger partial charge in [0.2, 0.25) is 5.95 Å². The minimum Gasteiger partial charge on any atom is -0.481 e. The Morgan fingerprint density at radius 3 is 2.18 bits per heavy atom. The monoisotopic (exact) mass is 792 g/mol. The van der Waals surface area contributed by atoms with Crippen molar-refractivity contribution in [3.8, 4) is 0 Å². The number of benzene rings is 1. The van der Waals surface area contributed by atoms with E-state index in [1.807, 2.05) is 0 Å². The van der Waals surface area contributed by atoms with Crippen LogP contribution in [0, 0.1) is 0 Å². The summed E-state index contributed by atoms with van der Waals surface area (Å²) >= 11 is 0. The number of fused-ring (bicyclic) bond motifs is 1. The summed E-state index contributed by atoms with van der Waals surface area (Å²) in [7, 11) is 0. The smallest absolute Gasteiger partial charge is 0.433 e. The van der Waals surface area contributed by atoms with Gasteiger partial charge in [-0.05, 0) is 68.0 Å². The highest BCUT2D eigenvalue weighted by Crippen LogP contribution is 2.42. The van der Waals surface area contributed by atoms with E-state index < -0.39 is 65.9 Å². The van der Waals surface area contributed by atoms with Crippen molar-refractivity contribution in [2.45, 2.75) is 82.5 Å². The van der Waals surface area contributed by atoms with Crippen LogP contribution in [-0.4, -0.2) is 71.1 Å². The van der Waals surface area contributed by atoms with Crippen molar-refractivity contribution in [1.29, 1.82) is 0 Å². The number of amides is 1. The highest BCUT2D eigenvalue weighted by Gasteiger charge is 2.41. The van der Waals surface area contributed by atoms with Crippen LogP contribution in [0.25, 0.3) is 0 Å². The fourth-order valence-corrected chi connectivity index (χ4v) is 6.43. The molecular weight excluding hydrogens is 755 g/mol. The van der Waals surface area contributed by atoms with Gasteiger partial charge < -0.3 is 24.8 Å². The van der Waals surface area contributed by atoms with E-state index in [1.54, 1.807) is 11.8 Å². The van der Waals surface area contributed by atoms with Gasteiger partial charge >= 0.3 is 30.6 Å². The van der Waals surface area contributed by atoms with Crippen molar-refractivity contribution in [1.82, 2.24) is 15.0 Å². The highest BCUT2D eigenvalue weighted by atomic mass is 19.4. The molecule has 11 nitrogen and oxygen atoms in total. The van der Waals surface area contributed by atoms with E-state index in [0.717, 1.165) is 12.1 Å². The maximum absolute atomic E-state index is 13.9. The summed E-state index contributed by atoms with van der Waals surface area (Å²) in [4.78, 5) is 39.8. The number of hydrogen-bond acceptors (Lipinski definition) is 9. The molecule has 55 heavy (non-hydrogen) atoms. The van der Waals surface area contributed by atoms with Gasteiger partial charge in [0.05, 0.1) is 65.9 Å². The zero-order valence-electron chi connectivity index (χ0n) is 29.3. The van der Waals surface area contributed by atoms with Crippen molar-refractivity contribution in [3.63, 3.8) is 0 Å². The molecular formula is C35H37F9N6O5. The zero-order valence-corrected chi connectivity index (χ0v) is 29.3. The Morgan fingerprint density at radius 1 is 0.909 bits per heavy atom. The molecule has 2 aromatic heterocycles. The number of rotatable bonds is 12. The molecule has 300 valence electrons. The van der Waals surface area contributed by atoms with Gasteiger partial charge in [-0.1, -0.05) is 6.92 Å². The predicted molar refractivity (Wildman–Crippen MR) is 179 cm³/mol. The minimum absolute atomic E-state index is 0.00767. The number of anilines is 3. The van der Waals surface area contributed by atoms with E-state index >= 15 is 0 Å². The lowest BCUT2D eigenvalue weighted by atomic mass is 9.93. The van der Waals surface area contributed by atoms with Crippen molar-refractivity contribution in [2.75, 3.05) is 48.0 Å². The number of carboxylic acid groups (broad SMARTS) is 1. The second-order valence-electron chi connectivity index (χ2n) is 13.0. The van der Waals surface area contributed by atoms with Crippen LogP contribution in [0.5, 0.6) is 0 Å². The Balaban J connectivity index is 1.50. The number of unbranched alkanes of at least 4 members (excludes halogenated alkanes) is 2. The summed E-state index contributed by atoms with van der Waals surface area (Å²) in [6, 6.07) is 1.35. The largest absolute Gasteiger partial charge is 0.481 e. The first kappa shape index (κ1) is 41.3. The van der Waals surface area contributed by atoms with Gasteiger partial charge in [-0.3, -0.25) is 9.69 Å². The number of carboxylic acids is 1. The molecule has 0 unspecified atom stereocenters. The lowest BCUT2D eigenvalue weighted by molar-refractivity contribution is -0.143. The Hall–Kier alpha value is -4.88. The molecule has 1 amide bonds. The number of aliphatic carboxylic acids is 1. The second kappa shape index (κ2) is 16.9. The molecule has 4 heterocycles. The molecule has 0 aliphatic carbocycles.